The minimum Gasteiger partial charge on any atom is -0.480 e. The molecule has 2 N–H and O–H groups in total. The van der Waals surface area contributed by atoms with E-state index in [0.29, 0.717) is 18.5 Å². The van der Waals surface area contributed by atoms with E-state index in [-0.39, 0.29) is 12.6 Å². The average molecular weight is 282 g/mol. The largest absolute Gasteiger partial charge is 0.480 e. The van der Waals surface area contributed by atoms with Gasteiger partial charge in [-0.2, -0.15) is 0 Å². The number of urea groups is 1. The number of carboxylic acid groups (broad SMARTS) is 1. The first kappa shape index (κ1) is 13.7. The predicted octanol–water partition coefficient (Wildman–Crippen LogP) is 1.06. The molecule has 20 heavy (non-hydrogen) atoms. The molecule has 2 saturated carbocycles. The molecule has 0 aromatic rings. The van der Waals surface area contributed by atoms with Gasteiger partial charge in [0.05, 0.1) is 13.1 Å². The van der Waals surface area contributed by atoms with Gasteiger partial charge in [-0.1, -0.05) is 0 Å². The van der Waals surface area contributed by atoms with Gasteiger partial charge in [0.15, 0.2) is 0 Å². The topological polar surface area (TPSA) is 78.9 Å². The maximum atomic E-state index is 12.0. The van der Waals surface area contributed by atoms with Gasteiger partial charge < -0.3 is 20.1 Å². The second-order valence-corrected chi connectivity index (χ2v) is 6.78. The molecule has 3 rings (SSSR count). The summed E-state index contributed by atoms with van der Waals surface area (Å²) >= 11 is 0. The zero-order valence-corrected chi connectivity index (χ0v) is 11.9. The molecule has 112 valence electrons. The number of ether oxygens (including phenoxy) is 1. The van der Waals surface area contributed by atoms with Crippen LogP contribution in [0.5, 0.6) is 0 Å². The molecule has 3 fully saturated rings. The highest BCUT2D eigenvalue weighted by Crippen LogP contribution is 2.60. The van der Waals surface area contributed by atoms with E-state index >= 15 is 0 Å². The number of amides is 2. The number of hydrogen-bond donors (Lipinski definition) is 2. The van der Waals surface area contributed by atoms with E-state index < -0.39 is 11.6 Å². The molecular weight excluding hydrogens is 260 g/mol. The van der Waals surface area contributed by atoms with Crippen molar-refractivity contribution < 1.29 is 19.4 Å². The predicted molar refractivity (Wildman–Crippen MR) is 71.4 cm³/mol. The van der Waals surface area contributed by atoms with Gasteiger partial charge in [0, 0.05) is 6.54 Å². The van der Waals surface area contributed by atoms with Crippen molar-refractivity contribution in [1.82, 2.24) is 10.2 Å². The van der Waals surface area contributed by atoms with Crippen LogP contribution in [0.25, 0.3) is 0 Å². The fraction of sp³-hybridized carbons (Fsp3) is 0.857. The van der Waals surface area contributed by atoms with Crippen molar-refractivity contribution in [3.63, 3.8) is 0 Å². The number of aliphatic carboxylic acids is 1. The number of nitrogens with one attached hydrogen (secondary N) is 1. The van der Waals surface area contributed by atoms with Gasteiger partial charge in [-0.25, -0.2) is 9.59 Å². The van der Waals surface area contributed by atoms with E-state index in [0.717, 1.165) is 12.5 Å². The summed E-state index contributed by atoms with van der Waals surface area (Å²) in [5, 5.41) is 11.6. The van der Waals surface area contributed by atoms with Crippen LogP contribution in [0, 0.1) is 11.3 Å². The first-order valence-electron chi connectivity index (χ1n) is 7.31. The van der Waals surface area contributed by atoms with Gasteiger partial charge in [0.2, 0.25) is 0 Å². The van der Waals surface area contributed by atoms with Crippen LogP contribution in [0.3, 0.4) is 0 Å². The summed E-state index contributed by atoms with van der Waals surface area (Å²) < 4.78 is 5.29. The fourth-order valence-electron chi connectivity index (χ4n) is 3.18. The third-order valence-electron chi connectivity index (χ3n) is 4.81. The highest BCUT2D eigenvalue weighted by Gasteiger charge is 2.54. The Morgan fingerprint density at radius 1 is 1.35 bits per heavy atom. The molecule has 1 heterocycles. The van der Waals surface area contributed by atoms with E-state index in [2.05, 4.69) is 5.32 Å². The van der Waals surface area contributed by atoms with Gasteiger partial charge in [-0.05, 0) is 43.9 Å². The van der Waals surface area contributed by atoms with Crippen LogP contribution in [0.1, 0.15) is 32.6 Å². The number of likely N-dealkylation sites (tertiary alicyclic amines) is 1. The summed E-state index contributed by atoms with van der Waals surface area (Å²) in [7, 11) is 0. The summed E-state index contributed by atoms with van der Waals surface area (Å²) in [6.07, 6.45) is 5.14. The Labute approximate surface area is 118 Å². The highest BCUT2D eigenvalue weighted by molar-refractivity contribution is 5.75. The lowest BCUT2D eigenvalue weighted by Crippen LogP contribution is -2.65. The van der Waals surface area contributed by atoms with Crippen molar-refractivity contribution in [3.8, 4) is 0 Å². The summed E-state index contributed by atoms with van der Waals surface area (Å²) in [4.78, 5) is 24.2. The quantitative estimate of drug-likeness (QED) is 0.763. The molecule has 0 aromatic carbocycles. The molecule has 0 atom stereocenters. The molecule has 1 saturated heterocycles. The SMILES string of the molecule is CC1(OCC(=O)O)CN(C(=O)NCC2(C3CC3)CC2)C1. The monoisotopic (exact) mass is 282 g/mol. The minimum absolute atomic E-state index is 0.0478. The molecule has 3 aliphatic rings. The van der Waals surface area contributed by atoms with Crippen molar-refractivity contribution in [1.29, 1.82) is 0 Å². The number of carbonyl (C=O) groups excluding carboxylic acids is 1. The van der Waals surface area contributed by atoms with Gasteiger partial charge in [-0.3, -0.25) is 0 Å². The van der Waals surface area contributed by atoms with E-state index in [9.17, 15) is 9.59 Å². The van der Waals surface area contributed by atoms with Crippen molar-refractivity contribution in [2.75, 3.05) is 26.2 Å². The standard InChI is InChI=1S/C14H22N2O4/c1-13(20-6-11(17)18)8-16(9-13)12(19)15-7-14(4-5-14)10-2-3-10/h10H,2-9H2,1H3,(H,15,19)(H,17,18). The first-order chi connectivity index (χ1) is 9.42. The smallest absolute Gasteiger partial charge is 0.329 e. The van der Waals surface area contributed by atoms with Crippen molar-refractivity contribution in [2.24, 2.45) is 11.3 Å². The maximum Gasteiger partial charge on any atom is 0.329 e. The molecule has 0 radical (unpaired) electrons. The Morgan fingerprint density at radius 3 is 2.50 bits per heavy atom. The van der Waals surface area contributed by atoms with Crippen LogP contribution in [-0.2, 0) is 9.53 Å². The molecule has 2 aliphatic carbocycles. The molecule has 6 heteroatoms. The lowest BCUT2D eigenvalue weighted by atomic mass is 9.96. The molecular formula is C14H22N2O4. The first-order valence-corrected chi connectivity index (χ1v) is 7.31. The second-order valence-electron chi connectivity index (χ2n) is 6.78. The molecule has 0 spiro atoms. The van der Waals surface area contributed by atoms with Crippen LogP contribution >= 0.6 is 0 Å². The van der Waals surface area contributed by atoms with E-state index in [1.807, 2.05) is 6.92 Å². The Bertz CT molecular complexity index is 423. The number of nitrogens with zero attached hydrogens (tertiary/aromatic N) is 1. The third-order valence-corrected chi connectivity index (χ3v) is 4.81. The lowest BCUT2D eigenvalue weighted by Gasteiger charge is -2.47. The van der Waals surface area contributed by atoms with E-state index in [1.165, 1.54) is 25.7 Å². The average Bonchev–Trinajstić information content (AvgIpc) is 3.22. The molecule has 1 aliphatic heterocycles. The van der Waals surface area contributed by atoms with Crippen molar-refractivity contribution >= 4 is 12.0 Å². The van der Waals surface area contributed by atoms with Crippen LogP contribution in [0.2, 0.25) is 0 Å². The van der Waals surface area contributed by atoms with E-state index in [4.69, 9.17) is 9.84 Å². The van der Waals surface area contributed by atoms with Gasteiger partial charge >= 0.3 is 12.0 Å². The van der Waals surface area contributed by atoms with Crippen LogP contribution in [0.15, 0.2) is 0 Å². The molecule has 6 nitrogen and oxygen atoms in total. The Balaban J connectivity index is 1.38. The Hall–Kier alpha value is -1.30. The zero-order chi connectivity index (χ0) is 14.4. The Kier molecular flexibility index (Phi) is 3.16. The highest BCUT2D eigenvalue weighted by atomic mass is 16.5. The number of hydrogen-bond acceptors (Lipinski definition) is 3. The fourth-order valence-corrected chi connectivity index (χ4v) is 3.18. The van der Waals surface area contributed by atoms with Crippen LogP contribution < -0.4 is 5.32 Å². The maximum absolute atomic E-state index is 12.0. The van der Waals surface area contributed by atoms with E-state index in [1.54, 1.807) is 4.90 Å². The molecule has 0 aromatic heterocycles. The van der Waals surface area contributed by atoms with Gasteiger partial charge in [-0.15, -0.1) is 0 Å². The normalized spacial score (nSPS) is 25.8. The lowest BCUT2D eigenvalue weighted by molar-refractivity contribution is -0.159. The molecule has 2 amide bonds. The zero-order valence-electron chi connectivity index (χ0n) is 11.9. The van der Waals surface area contributed by atoms with Crippen LogP contribution in [0.4, 0.5) is 4.79 Å². The third kappa shape index (κ3) is 2.75. The summed E-state index contributed by atoms with van der Waals surface area (Å²) in [6.45, 7) is 3.24. The molecule has 0 unspecified atom stereocenters. The second kappa shape index (κ2) is 4.62. The van der Waals surface area contributed by atoms with Crippen molar-refractivity contribution in [2.45, 2.75) is 38.2 Å². The van der Waals surface area contributed by atoms with Crippen molar-refractivity contribution in [3.05, 3.63) is 0 Å². The number of carbonyl (C=O) groups is 2. The summed E-state index contributed by atoms with van der Waals surface area (Å²) in [5.41, 5.74) is -0.104. The summed E-state index contributed by atoms with van der Waals surface area (Å²) in [6, 6.07) is -0.0478. The number of carboxylic acids is 1. The number of rotatable bonds is 6. The Morgan fingerprint density at radius 2 is 2.00 bits per heavy atom. The molecule has 0 bridgehead atoms. The minimum atomic E-state index is -0.978. The summed E-state index contributed by atoms with van der Waals surface area (Å²) in [5.74, 6) is -0.141. The van der Waals surface area contributed by atoms with Crippen LogP contribution in [-0.4, -0.2) is 53.8 Å². The van der Waals surface area contributed by atoms with Gasteiger partial charge in [0.1, 0.15) is 12.2 Å². The van der Waals surface area contributed by atoms with Gasteiger partial charge in [0.25, 0.3) is 0 Å².